The summed E-state index contributed by atoms with van der Waals surface area (Å²) in [6, 6.07) is 19.6. The molecular formula is C21H18BrFN2O2. The van der Waals surface area contributed by atoms with Gasteiger partial charge in [-0.1, -0.05) is 30.3 Å². The number of benzene rings is 3. The second kappa shape index (κ2) is 9.19. The lowest BCUT2D eigenvalue weighted by atomic mass is 10.2. The third-order valence-corrected chi connectivity index (χ3v) is 4.32. The van der Waals surface area contributed by atoms with E-state index >= 15 is 0 Å². The van der Waals surface area contributed by atoms with E-state index in [1.54, 1.807) is 25.5 Å². The Hall–Kier alpha value is -2.86. The molecule has 0 aromatic heterocycles. The largest absolute Gasteiger partial charge is 0.493 e. The summed E-state index contributed by atoms with van der Waals surface area (Å²) in [5, 5.41) is 4.17. The zero-order chi connectivity index (χ0) is 19.1. The van der Waals surface area contributed by atoms with Crippen LogP contribution in [-0.2, 0) is 6.61 Å². The molecule has 0 atom stereocenters. The van der Waals surface area contributed by atoms with Crippen molar-refractivity contribution in [1.29, 1.82) is 0 Å². The molecule has 6 heteroatoms. The molecule has 3 aromatic rings. The fourth-order valence-corrected chi connectivity index (χ4v) is 2.96. The average Bonchev–Trinajstić information content (AvgIpc) is 2.69. The van der Waals surface area contributed by atoms with Crippen molar-refractivity contribution in [2.75, 3.05) is 12.5 Å². The zero-order valence-electron chi connectivity index (χ0n) is 14.7. The Balaban J connectivity index is 1.71. The fraction of sp³-hybridized carbons (Fsp3) is 0.0952. The van der Waals surface area contributed by atoms with Gasteiger partial charge in [-0.25, -0.2) is 4.39 Å². The molecule has 3 aromatic carbocycles. The van der Waals surface area contributed by atoms with Crippen molar-refractivity contribution in [1.82, 2.24) is 0 Å². The molecule has 3 rings (SSSR count). The minimum Gasteiger partial charge on any atom is -0.493 e. The molecule has 0 amide bonds. The van der Waals surface area contributed by atoms with Gasteiger partial charge in [-0.05, 0) is 63.5 Å². The van der Waals surface area contributed by atoms with Crippen molar-refractivity contribution in [2.24, 2.45) is 5.10 Å². The normalized spacial score (nSPS) is 10.8. The molecule has 0 unspecified atom stereocenters. The molecule has 0 aliphatic rings. The first-order chi connectivity index (χ1) is 13.2. The Morgan fingerprint density at radius 3 is 2.52 bits per heavy atom. The summed E-state index contributed by atoms with van der Waals surface area (Å²) in [4.78, 5) is 0. The summed E-state index contributed by atoms with van der Waals surface area (Å²) in [6.45, 7) is 0.440. The maximum Gasteiger partial charge on any atom is 0.175 e. The molecule has 0 heterocycles. The molecule has 0 bridgehead atoms. The van der Waals surface area contributed by atoms with E-state index in [0.717, 1.165) is 15.6 Å². The number of anilines is 1. The van der Waals surface area contributed by atoms with E-state index in [2.05, 4.69) is 26.5 Å². The monoisotopic (exact) mass is 428 g/mol. The Labute approximate surface area is 165 Å². The van der Waals surface area contributed by atoms with E-state index in [9.17, 15) is 4.39 Å². The van der Waals surface area contributed by atoms with Gasteiger partial charge in [0.25, 0.3) is 0 Å². The maximum atomic E-state index is 12.9. The molecule has 0 aliphatic carbocycles. The second-order valence-electron chi connectivity index (χ2n) is 5.69. The van der Waals surface area contributed by atoms with Crippen LogP contribution in [0.4, 0.5) is 10.1 Å². The first-order valence-corrected chi connectivity index (χ1v) is 9.04. The van der Waals surface area contributed by atoms with E-state index in [-0.39, 0.29) is 5.82 Å². The summed E-state index contributed by atoms with van der Waals surface area (Å²) in [5.74, 6) is 0.942. The number of hydrogen-bond acceptors (Lipinski definition) is 4. The highest BCUT2D eigenvalue weighted by molar-refractivity contribution is 9.10. The quantitative estimate of drug-likeness (QED) is 0.392. The van der Waals surface area contributed by atoms with Gasteiger partial charge in [-0.15, -0.1) is 0 Å². The highest BCUT2D eigenvalue weighted by Crippen LogP contribution is 2.36. The Bertz CT molecular complexity index is 915. The van der Waals surface area contributed by atoms with Crippen LogP contribution in [0.1, 0.15) is 11.1 Å². The van der Waals surface area contributed by atoms with Crippen molar-refractivity contribution in [2.45, 2.75) is 6.61 Å². The lowest BCUT2D eigenvalue weighted by Crippen LogP contribution is -2.00. The zero-order valence-corrected chi connectivity index (χ0v) is 16.2. The lowest BCUT2D eigenvalue weighted by molar-refractivity contribution is 0.282. The predicted molar refractivity (Wildman–Crippen MR) is 109 cm³/mol. The maximum absolute atomic E-state index is 12.9. The second-order valence-corrected chi connectivity index (χ2v) is 6.54. The van der Waals surface area contributed by atoms with E-state index in [0.29, 0.717) is 23.8 Å². The minimum absolute atomic E-state index is 0.288. The van der Waals surface area contributed by atoms with Crippen LogP contribution in [0.5, 0.6) is 11.5 Å². The van der Waals surface area contributed by atoms with E-state index in [4.69, 9.17) is 9.47 Å². The standard InChI is InChI=1S/C21H18BrFN2O2/c1-26-20-12-16(13-24-25-18-9-7-17(23)8-10-18)11-19(22)21(20)27-14-15-5-3-2-4-6-15/h2-13,25H,14H2,1H3/b24-13+. The molecule has 0 aliphatic heterocycles. The number of methoxy groups -OCH3 is 1. The molecule has 0 radical (unpaired) electrons. The van der Waals surface area contributed by atoms with Crippen LogP contribution in [0.2, 0.25) is 0 Å². The van der Waals surface area contributed by atoms with Crippen LogP contribution in [0.15, 0.2) is 76.3 Å². The fourth-order valence-electron chi connectivity index (χ4n) is 2.39. The Morgan fingerprint density at radius 2 is 1.81 bits per heavy atom. The average molecular weight is 429 g/mol. The number of hydrogen-bond donors (Lipinski definition) is 1. The number of hydrazone groups is 1. The smallest absolute Gasteiger partial charge is 0.175 e. The summed E-state index contributed by atoms with van der Waals surface area (Å²) < 4.78 is 25.0. The first-order valence-electron chi connectivity index (χ1n) is 8.24. The van der Waals surface area contributed by atoms with Crippen molar-refractivity contribution >= 4 is 27.8 Å². The number of nitrogens with zero attached hydrogens (tertiary/aromatic N) is 1. The molecule has 0 saturated heterocycles. The lowest BCUT2D eigenvalue weighted by Gasteiger charge is -2.13. The highest BCUT2D eigenvalue weighted by Gasteiger charge is 2.11. The Kier molecular flexibility index (Phi) is 6.44. The van der Waals surface area contributed by atoms with E-state index < -0.39 is 0 Å². The van der Waals surface area contributed by atoms with E-state index in [1.807, 2.05) is 42.5 Å². The van der Waals surface area contributed by atoms with Gasteiger partial charge < -0.3 is 9.47 Å². The number of rotatable bonds is 7. The summed E-state index contributed by atoms with van der Waals surface area (Å²) in [7, 11) is 1.59. The van der Waals surface area contributed by atoms with Gasteiger partial charge >= 0.3 is 0 Å². The van der Waals surface area contributed by atoms with Gasteiger partial charge in [-0.2, -0.15) is 5.10 Å². The van der Waals surface area contributed by atoms with Crippen molar-refractivity contribution in [3.63, 3.8) is 0 Å². The molecular weight excluding hydrogens is 411 g/mol. The SMILES string of the molecule is COc1cc(/C=N/Nc2ccc(F)cc2)cc(Br)c1OCc1ccccc1. The predicted octanol–water partition coefficient (Wildman–Crippen LogP) is 5.62. The number of halogens is 2. The topological polar surface area (TPSA) is 42.8 Å². The van der Waals surface area contributed by atoms with Gasteiger partial charge in [-0.3, -0.25) is 5.43 Å². The summed E-state index contributed by atoms with van der Waals surface area (Å²) in [5.41, 5.74) is 5.44. The van der Waals surface area contributed by atoms with Crippen LogP contribution in [0.3, 0.4) is 0 Å². The van der Waals surface area contributed by atoms with Gasteiger partial charge in [0.15, 0.2) is 11.5 Å². The van der Waals surface area contributed by atoms with Crippen molar-refractivity contribution < 1.29 is 13.9 Å². The number of ether oxygens (including phenoxy) is 2. The van der Waals surface area contributed by atoms with Gasteiger partial charge in [0.2, 0.25) is 0 Å². The van der Waals surface area contributed by atoms with Crippen molar-refractivity contribution in [3.05, 3.63) is 88.1 Å². The van der Waals surface area contributed by atoms with Gasteiger partial charge in [0.1, 0.15) is 12.4 Å². The van der Waals surface area contributed by atoms with Gasteiger partial charge in [0.05, 0.1) is 23.5 Å². The first kappa shape index (κ1) is 18.9. The van der Waals surface area contributed by atoms with Crippen LogP contribution in [-0.4, -0.2) is 13.3 Å². The number of nitrogens with one attached hydrogen (secondary N) is 1. The summed E-state index contributed by atoms with van der Waals surface area (Å²) >= 11 is 3.53. The van der Waals surface area contributed by atoms with Crippen molar-refractivity contribution in [3.8, 4) is 11.5 Å². The Morgan fingerprint density at radius 1 is 1.07 bits per heavy atom. The summed E-state index contributed by atoms with van der Waals surface area (Å²) in [6.07, 6.45) is 1.65. The molecule has 0 spiro atoms. The van der Waals surface area contributed by atoms with Crippen LogP contribution in [0.25, 0.3) is 0 Å². The molecule has 4 nitrogen and oxygen atoms in total. The molecule has 0 saturated carbocycles. The molecule has 27 heavy (non-hydrogen) atoms. The molecule has 1 N–H and O–H groups in total. The van der Waals surface area contributed by atoms with Crippen LogP contribution in [0, 0.1) is 5.82 Å². The van der Waals surface area contributed by atoms with Crippen LogP contribution >= 0.6 is 15.9 Å². The van der Waals surface area contributed by atoms with E-state index in [1.165, 1.54) is 12.1 Å². The van der Waals surface area contributed by atoms with Gasteiger partial charge in [0, 0.05) is 0 Å². The third-order valence-electron chi connectivity index (χ3n) is 3.73. The van der Waals surface area contributed by atoms with Crippen LogP contribution < -0.4 is 14.9 Å². The molecule has 0 fully saturated rings. The minimum atomic E-state index is -0.288. The molecule has 138 valence electrons. The highest BCUT2D eigenvalue weighted by atomic mass is 79.9. The third kappa shape index (κ3) is 5.31.